The second-order valence-corrected chi connectivity index (χ2v) is 10.4. The van der Waals surface area contributed by atoms with Crippen LogP contribution in [0.4, 0.5) is 0 Å². The Hall–Kier alpha value is -1.15. The van der Waals surface area contributed by atoms with Crippen LogP contribution in [0.15, 0.2) is 24.5 Å². The molecular formula is C25H36N2. The Bertz CT molecular complexity index is 752. The number of fused-ring (bicyclic) bond motifs is 5. The maximum Gasteiger partial charge on any atom is 0.0343 e. The van der Waals surface area contributed by atoms with Gasteiger partial charge < -0.3 is 0 Å². The average Bonchev–Trinajstić information content (AvgIpc) is 2.88. The summed E-state index contributed by atoms with van der Waals surface area (Å²) in [5.74, 6) is 2.66. The first kappa shape index (κ1) is 17.9. The zero-order valence-electron chi connectivity index (χ0n) is 17.5. The summed E-state index contributed by atoms with van der Waals surface area (Å²) in [4.78, 5) is 7.41. The van der Waals surface area contributed by atoms with Gasteiger partial charge in [-0.3, -0.25) is 9.88 Å². The van der Waals surface area contributed by atoms with Gasteiger partial charge in [-0.2, -0.15) is 0 Å². The molecule has 5 rings (SSSR count). The monoisotopic (exact) mass is 364 g/mol. The molecule has 0 radical (unpaired) electrons. The number of aryl methyl sites for hydroxylation is 1. The van der Waals surface area contributed by atoms with E-state index in [0.29, 0.717) is 11.0 Å². The Labute approximate surface area is 165 Å². The molecule has 1 saturated carbocycles. The van der Waals surface area contributed by atoms with Gasteiger partial charge in [-0.1, -0.05) is 25.8 Å². The molecule has 3 fully saturated rings. The normalized spacial score (nSPS) is 41.9. The Morgan fingerprint density at radius 1 is 1.00 bits per heavy atom. The molecular weight excluding hydrogens is 328 g/mol. The highest BCUT2D eigenvalue weighted by Crippen LogP contribution is 2.63. The van der Waals surface area contributed by atoms with Crippen molar-refractivity contribution in [2.24, 2.45) is 23.2 Å². The number of nitrogens with zero attached hydrogens (tertiary/aromatic N) is 2. The first-order chi connectivity index (χ1) is 13.0. The largest absolute Gasteiger partial charge is 0.298 e. The molecule has 2 aliphatic heterocycles. The molecule has 2 saturated heterocycles. The van der Waals surface area contributed by atoms with Crippen LogP contribution in [0, 0.1) is 30.1 Å². The number of rotatable bonds is 1. The van der Waals surface area contributed by atoms with E-state index in [1.807, 2.05) is 6.20 Å². The van der Waals surface area contributed by atoms with E-state index in [9.17, 15) is 0 Å². The second kappa shape index (κ2) is 6.44. The fourth-order valence-corrected chi connectivity index (χ4v) is 7.65. The highest BCUT2D eigenvalue weighted by molar-refractivity contribution is 5.72. The van der Waals surface area contributed by atoms with E-state index < -0.39 is 0 Å². The summed E-state index contributed by atoms with van der Waals surface area (Å²) >= 11 is 0. The minimum absolute atomic E-state index is 0.361. The minimum Gasteiger partial charge on any atom is -0.298 e. The quantitative estimate of drug-likeness (QED) is 0.620. The third kappa shape index (κ3) is 2.66. The lowest BCUT2D eigenvalue weighted by Crippen LogP contribution is -2.61. The minimum atomic E-state index is 0.361. The number of aromatic nitrogens is 1. The van der Waals surface area contributed by atoms with Crippen molar-refractivity contribution in [3.8, 4) is 0 Å². The van der Waals surface area contributed by atoms with Gasteiger partial charge in [0.2, 0.25) is 0 Å². The summed E-state index contributed by atoms with van der Waals surface area (Å²) in [6.07, 6.45) is 17.9. The molecule has 0 spiro atoms. The summed E-state index contributed by atoms with van der Waals surface area (Å²) < 4.78 is 0. The van der Waals surface area contributed by atoms with Crippen molar-refractivity contribution in [3.63, 3.8) is 0 Å². The van der Waals surface area contributed by atoms with Crippen molar-refractivity contribution in [1.82, 2.24) is 9.88 Å². The summed E-state index contributed by atoms with van der Waals surface area (Å²) in [5, 5.41) is 0. The Morgan fingerprint density at radius 3 is 2.74 bits per heavy atom. The van der Waals surface area contributed by atoms with Gasteiger partial charge in [0, 0.05) is 17.9 Å². The van der Waals surface area contributed by atoms with E-state index in [1.165, 1.54) is 75.6 Å². The van der Waals surface area contributed by atoms with Crippen molar-refractivity contribution < 1.29 is 0 Å². The molecule has 3 unspecified atom stereocenters. The smallest absolute Gasteiger partial charge is 0.0343 e. The van der Waals surface area contributed by atoms with Crippen LogP contribution in [0.1, 0.15) is 76.3 Å². The number of allylic oxidation sites excluding steroid dienone is 2. The molecule has 0 N–H and O–H groups in total. The van der Waals surface area contributed by atoms with Crippen molar-refractivity contribution in [2.75, 3.05) is 13.1 Å². The van der Waals surface area contributed by atoms with Crippen LogP contribution < -0.4 is 0 Å². The molecule has 2 aliphatic carbocycles. The molecule has 27 heavy (non-hydrogen) atoms. The van der Waals surface area contributed by atoms with E-state index in [0.717, 1.165) is 17.8 Å². The van der Waals surface area contributed by atoms with E-state index in [2.05, 4.69) is 49.0 Å². The van der Waals surface area contributed by atoms with Gasteiger partial charge in [0.25, 0.3) is 0 Å². The number of pyridine rings is 1. The van der Waals surface area contributed by atoms with Gasteiger partial charge in [-0.05, 0) is 111 Å². The average molecular weight is 365 g/mol. The van der Waals surface area contributed by atoms with Gasteiger partial charge in [0.05, 0.1) is 0 Å². The van der Waals surface area contributed by atoms with Crippen molar-refractivity contribution in [1.29, 1.82) is 0 Å². The van der Waals surface area contributed by atoms with Crippen LogP contribution in [-0.2, 0) is 0 Å². The fourth-order valence-electron chi connectivity index (χ4n) is 7.65. The first-order valence-electron chi connectivity index (χ1n) is 11.4. The maximum absolute atomic E-state index is 4.51. The number of hydrogen-bond acceptors (Lipinski definition) is 2. The van der Waals surface area contributed by atoms with Crippen LogP contribution in [0.25, 0.3) is 5.57 Å². The predicted octanol–water partition coefficient (Wildman–Crippen LogP) is 5.86. The summed E-state index contributed by atoms with van der Waals surface area (Å²) in [6.45, 7) is 10.1. The first-order valence-corrected chi connectivity index (χ1v) is 11.4. The Balaban J connectivity index is 1.45. The topological polar surface area (TPSA) is 16.1 Å². The molecule has 1 aromatic rings. The van der Waals surface area contributed by atoms with Crippen LogP contribution in [0.3, 0.4) is 0 Å². The zero-order chi connectivity index (χ0) is 18.6. The summed E-state index contributed by atoms with van der Waals surface area (Å²) in [7, 11) is 0. The van der Waals surface area contributed by atoms with Gasteiger partial charge in [0.15, 0.2) is 0 Å². The van der Waals surface area contributed by atoms with Crippen LogP contribution in [-0.4, -0.2) is 28.5 Å². The molecule has 0 bridgehead atoms. The molecule has 3 heterocycles. The molecule has 2 nitrogen and oxygen atoms in total. The van der Waals surface area contributed by atoms with Crippen LogP contribution in [0.2, 0.25) is 0 Å². The molecule has 1 aromatic heterocycles. The van der Waals surface area contributed by atoms with Crippen molar-refractivity contribution >= 4 is 5.57 Å². The van der Waals surface area contributed by atoms with Gasteiger partial charge >= 0.3 is 0 Å². The van der Waals surface area contributed by atoms with Crippen LogP contribution in [0.5, 0.6) is 0 Å². The molecule has 4 aliphatic rings. The fraction of sp³-hybridized carbons (Fsp3) is 0.720. The number of hydrogen-bond donors (Lipinski definition) is 0. The molecule has 0 aromatic carbocycles. The molecule has 5 atom stereocenters. The highest BCUT2D eigenvalue weighted by Gasteiger charge is 2.57. The molecule has 146 valence electrons. The van der Waals surface area contributed by atoms with E-state index >= 15 is 0 Å². The van der Waals surface area contributed by atoms with Gasteiger partial charge in [-0.15, -0.1) is 0 Å². The van der Waals surface area contributed by atoms with Crippen molar-refractivity contribution in [2.45, 2.75) is 77.7 Å². The third-order valence-electron chi connectivity index (χ3n) is 9.07. The van der Waals surface area contributed by atoms with Gasteiger partial charge in [0.1, 0.15) is 0 Å². The summed E-state index contributed by atoms with van der Waals surface area (Å²) in [5.41, 5.74) is 5.11. The Morgan fingerprint density at radius 2 is 1.89 bits per heavy atom. The molecule has 0 amide bonds. The highest BCUT2D eigenvalue weighted by atomic mass is 15.2. The van der Waals surface area contributed by atoms with Gasteiger partial charge in [-0.25, -0.2) is 0 Å². The van der Waals surface area contributed by atoms with Crippen molar-refractivity contribution in [3.05, 3.63) is 35.7 Å². The lowest BCUT2D eigenvalue weighted by Gasteiger charge is -2.60. The standard InChI is InChI=1S/C25H36N2/c1-18-15-19(17-26-16-18)21-7-8-22-20-10-14-27-13-6-4-5-11-25(27,3)23(20)9-12-24(21,22)2/h7,15-17,20,22-23H,4-6,8-14H2,1-3H3/t20?,22?,23?,24-,25-/m1/s1. The lowest BCUT2D eigenvalue weighted by molar-refractivity contribution is -0.0868. The Kier molecular flexibility index (Phi) is 4.27. The van der Waals surface area contributed by atoms with E-state index in [1.54, 1.807) is 5.57 Å². The number of piperidine rings is 1. The van der Waals surface area contributed by atoms with E-state index in [4.69, 9.17) is 0 Å². The maximum atomic E-state index is 4.51. The SMILES string of the molecule is Cc1cncc(C2=CCC3C4CCN5CCCCC[C@]5(C)C4CC[C@]23C)c1. The van der Waals surface area contributed by atoms with E-state index in [-0.39, 0.29) is 0 Å². The molecule has 2 heteroatoms. The third-order valence-corrected chi connectivity index (χ3v) is 9.07. The van der Waals surface area contributed by atoms with Crippen LogP contribution >= 0.6 is 0 Å². The summed E-state index contributed by atoms with van der Waals surface area (Å²) in [6, 6.07) is 2.35. The predicted molar refractivity (Wildman–Crippen MR) is 112 cm³/mol. The lowest BCUT2D eigenvalue weighted by atomic mass is 9.52. The second-order valence-electron chi connectivity index (χ2n) is 10.4. The zero-order valence-corrected chi connectivity index (χ0v) is 17.5.